The summed E-state index contributed by atoms with van der Waals surface area (Å²) in [6.07, 6.45) is 2.00. The van der Waals surface area contributed by atoms with Crippen LogP contribution in [0.1, 0.15) is 27.7 Å². The summed E-state index contributed by atoms with van der Waals surface area (Å²) in [7, 11) is 0. The standard InChI is InChI=1S/C9H18N2/c1-6(2)9-8(4)7(3)5-10-11-9/h5-9,11H,1-4H3/t7?,8-,9?/m1/s1. The predicted octanol–water partition coefficient (Wildman–Crippen LogP) is 1.87. The first-order valence-electron chi connectivity index (χ1n) is 4.41. The van der Waals surface area contributed by atoms with Crippen molar-refractivity contribution < 1.29 is 0 Å². The molecule has 0 bridgehead atoms. The van der Waals surface area contributed by atoms with Crippen molar-refractivity contribution in [1.29, 1.82) is 0 Å². The van der Waals surface area contributed by atoms with E-state index in [-0.39, 0.29) is 0 Å². The molecular formula is C9H18N2. The fraction of sp³-hybridized carbons (Fsp3) is 0.889. The quantitative estimate of drug-likeness (QED) is 0.612. The highest BCUT2D eigenvalue weighted by Gasteiger charge is 2.26. The third-order valence-corrected chi connectivity index (χ3v) is 2.65. The SMILES string of the molecule is CC(C)C1NN=CC(C)[C@H]1C. The van der Waals surface area contributed by atoms with Crippen LogP contribution in [-0.4, -0.2) is 12.3 Å². The van der Waals surface area contributed by atoms with Gasteiger partial charge in [0, 0.05) is 12.3 Å². The highest BCUT2D eigenvalue weighted by Crippen LogP contribution is 2.21. The van der Waals surface area contributed by atoms with Gasteiger partial charge in [-0.25, -0.2) is 0 Å². The van der Waals surface area contributed by atoms with Gasteiger partial charge in [-0.15, -0.1) is 0 Å². The van der Waals surface area contributed by atoms with E-state index in [2.05, 4.69) is 38.2 Å². The molecule has 0 amide bonds. The zero-order chi connectivity index (χ0) is 8.43. The van der Waals surface area contributed by atoms with E-state index >= 15 is 0 Å². The van der Waals surface area contributed by atoms with E-state index in [9.17, 15) is 0 Å². The maximum absolute atomic E-state index is 4.14. The van der Waals surface area contributed by atoms with Gasteiger partial charge in [-0.2, -0.15) is 5.10 Å². The molecule has 0 radical (unpaired) electrons. The van der Waals surface area contributed by atoms with E-state index in [0.29, 0.717) is 23.8 Å². The van der Waals surface area contributed by atoms with Gasteiger partial charge in [0.2, 0.25) is 0 Å². The summed E-state index contributed by atoms with van der Waals surface area (Å²) in [5.74, 6) is 1.99. The number of hydrogen-bond acceptors (Lipinski definition) is 2. The normalized spacial score (nSPS) is 37.4. The lowest BCUT2D eigenvalue weighted by atomic mass is 9.83. The first kappa shape index (κ1) is 8.57. The predicted molar refractivity (Wildman–Crippen MR) is 48.6 cm³/mol. The Hall–Kier alpha value is -0.530. The molecule has 0 aliphatic carbocycles. The molecule has 2 unspecified atom stereocenters. The molecule has 1 N–H and O–H groups in total. The summed E-state index contributed by atoms with van der Waals surface area (Å²) in [6.45, 7) is 8.99. The molecule has 0 aromatic carbocycles. The van der Waals surface area contributed by atoms with Crippen LogP contribution in [0, 0.1) is 17.8 Å². The molecule has 1 aliphatic heterocycles. The Bertz CT molecular complexity index is 152. The summed E-state index contributed by atoms with van der Waals surface area (Å²) in [5.41, 5.74) is 3.17. The zero-order valence-electron chi connectivity index (χ0n) is 7.83. The van der Waals surface area contributed by atoms with E-state index in [1.807, 2.05) is 6.21 Å². The average molecular weight is 154 g/mol. The molecule has 0 fully saturated rings. The Morgan fingerprint density at radius 1 is 1.36 bits per heavy atom. The van der Waals surface area contributed by atoms with Crippen molar-refractivity contribution in [3.8, 4) is 0 Å². The Morgan fingerprint density at radius 2 is 2.00 bits per heavy atom. The molecule has 0 spiro atoms. The van der Waals surface area contributed by atoms with Gasteiger partial charge in [-0.1, -0.05) is 27.7 Å². The molecule has 2 heteroatoms. The highest BCUT2D eigenvalue weighted by atomic mass is 15.3. The van der Waals surface area contributed by atoms with Gasteiger partial charge in [0.15, 0.2) is 0 Å². The van der Waals surface area contributed by atoms with Crippen molar-refractivity contribution in [1.82, 2.24) is 5.43 Å². The van der Waals surface area contributed by atoms with E-state index in [1.54, 1.807) is 0 Å². The molecule has 3 atom stereocenters. The maximum atomic E-state index is 4.14. The molecule has 1 rings (SSSR count). The zero-order valence-corrected chi connectivity index (χ0v) is 7.83. The lowest BCUT2D eigenvalue weighted by Crippen LogP contribution is -2.42. The number of nitrogens with one attached hydrogen (secondary N) is 1. The molecule has 2 nitrogen and oxygen atoms in total. The molecule has 1 aliphatic rings. The molecule has 0 saturated carbocycles. The van der Waals surface area contributed by atoms with Crippen LogP contribution in [0.2, 0.25) is 0 Å². The summed E-state index contributed by atoms with van der Waals surface area (Å²) in [5, 5.41) is 4.14. The topological polar surface area (TPSA) is 24.4 Å². The van der Waals surface area contributed by atoms with Crippen LogP contribution in [0.4, 0.5) is 0 Å². The van der Waals surface area contributed by atoms with Gasteiger partial charge in [-0.05, 0) is 17.8 Å². The van der Waals surface area contributed by atoms with Gasteiger partial charge in [0.05, 0.1) is 0 Å². The Kier molecular flexibility index (Phi) is 2.53. The summed E-state index contributed by atoms with van der Waals surface area (Å²) < 4.78 is 0. The highest BCUT2D eigenvalue weighted by molar-refractivity contribution is 5.61. The number of nitrogens with zero attached hydrogens (tertiary/aromatic N) is 1. The Labute approximate surface area is 69.1 Å². The van der Waals surface area contributed by atoms with Crippen molar-refractivity contribution in [3.63, 3.8) is 0 Å². The second kappa shape index (κ2) is 3.24. The fourth-order valence-electron chi connectivity index (χ4n) is 1.58. The first-order valence-corrected chi connectivity index (χ1v) is 4.41. The minimum absolute atomic E-state index is 0.551. The van der Waals surface area contributed by atoms with Crippen molar-refractivity contribution in [2.24, 2.45) is 22.9 Å². The van der Waals surface area contributed by atoms with E-state index in [1.165, 1.54) is 0 Å². The van der Waals surface area contributed by atoms with Gasteiger partial charge in [0.1, 0.15) is 0 Å². The third-order valence-electron chi connectivity index (χ3n) is 2.65. The largest absolute Gasteiger partial charge is 0.307 e. The maximum Gasteiger partial charge on any atom is 0.0494 e. The van der Waals surface area contributed by atoms with Crippen LogP contribution >= 0.6 is 0 Å². The van der Waals surface area contributed by atoms with Crippen molar-refractivity contribution in [2.45, 2.75) is 33.7 Å². The minimum atomic E-state index is 0.551. The van der Waals surface area contributed by atoms with Gasteiger partial charge >= 0.3 is 0 Å². The molecule has 0 saturated heterocycles. The Morgan fingerprint density at radius 3 is 2.45 bits per heavy atom. The van der Waals surface area contributed by atoms with E-state index in [4.69, 9.17) is 0 Å². The van der Waals surface area contributed by atoms with Crippen molar-refractivity contribution in [2.75, 3.05) is 0 Å². The smallest absolute Gasteiger partial charge is 0.0494 e. The number of rotatable bonds is 1. The molecular weight excluding hydrogens is 136 g/mol. The summed E-state index contributed by atoms with van der Waals surface area (Å²) in [6, 6.07) is 0.551. The molecule has 0 aromatic heterocycles. The van der Waals surface area contributed by atoms with Crippen LogP contribution in [0.5, 0.6) is 0 Å². The number of hydrogen-bond donors (Lipinski definition) is 1. The van der Waals surface area contributed by atoms with Crippen molar-refractivity contribution >= 4 is 6.21 Å². The first-order chi connectivity index (χ1) is 5.13. The molecule has 1 heterocycles. The lowest BCUT2D eigenvalue weighted by molar-refractivity contribution is 0.257. The van der Waals surface area contributed by atoms with Gasteiger partial charge < -0.3 is 5.43 Å². The minimum Gasteiger partial charge on any atom is -0.307 e. The van der Waals surface area contributed by atoms with Gasteiger partial charge in [-0.3, -0.25) is 0 Å². The third kappa shape index (κ3) is 1.73. The summed E-state index contributed by atoms with van der Waals surface area (Å²) in [4.78, 5) is 0. The lowest BCUT2D eigenvalue weighted by Gasteiger charge is -2.33. The fourth-order valence-corrected chi connectivity index (χ4v) is 1.58. The van der Waals surface area contributed by atoms with Crippen molar-refractivity contribution in [3.05, 3.63) is 0 Å². The monoisotopic (exact) mass is 154 g/mol. The van der Waals surface area contributed by atoms with Crippen LogP contribution in [-0.2, 0) is 0 Å². The molecule has 64 valence electrons. The molecule has 0 aromatic rings. The van der Waals surface area contributed by atoms with Gasteiger partial charge in [0.25, 0.3) is 0 Å². The average Bonchev–Trinajstić information content (AvgIpc) is 1.94. The second-order valence-corrected chi connectivity index (χ2v) is 3.90. The second-order valence-electron chi connectivity index (χ2n) is 3.90. The Balaban J connectivity index is 2.62. The van der Waals surface area contributed by atoms with Crippen LogP contribution in [0.3, 0.4) is 0 Å². The van der Waals surface area contributed by atoms with E-state index < -0.39 is 0 Å². The summed E-state index contributed by atoms with van der Waals surface area (Å²) >= 11 is 0. The number of hydrazone groups is 1. The van der Waals surface area contributed by atoms with Crippen LogP contribution in [0.25, 0.3) is 0 Å². The molecule has 11 heavy (non-hydrogen) atoms. The van der Waals surface area contributed by atoms with Crippen LogP contribution < -0.4 is 5.43 Å². The van der Waals surface area contributed by atoms with E-state index in [0.717, 1.165) is 0 Å². The van der Waals surface area contributed by atoms with Crippen LogP contribution in [0.15, 0.2) is 5.10 Å².